The summed E-state index contributed by atoms with van der Waals surface area (Å²) in [6.07, 6.45) is -4.11. The lowest BCUT2D eigenvalue weighted by atomic mass is 10.1. The van der Waals surface area contributed by atoms with E-state index < -0.39 is 17.6 Å². The maximum Gasteiger partial charge on any atom is 0.418 e. The van der Waals surface area contributed by atoms with Crippen LogP contribution in [0.25, 0.3) is 0 Å². The molecule has 0 aliphatic rings. The molecule has 0 atom stereocenters. The van der Waals surface area contributed by atoms with Gasteiger partial charge in [-0.25, -0.2) is 0 Å². The van der Waals surface area contributed by atoms with Crippen molar-refractivity contribution < 1.29 is 27.4 Å². The van der Waals surface area contributed by atoms with Crippen molar-refractivity contribution in [2.75, 3.05) is 18.5 Å². The maximum atomic E-state index is 13.0. The first-order valence-electron chi connectivity index (χ1n) is 8.69. The van der Waals surface area contributed by atoms with Gasteiger partial charge in [0.1, 0.15) is 0 Å². The average molecular weight is 381 g/mol. The minimum Gasteiger partial charge on any atom is -0.490 e. The third-order valence-electron chi connectivity index (χ3n) is 3.76. The fraction of sp³-hybridized carbons (Fsp3) is 0.350. The molecule has 0 spiro atoms. The second-order valence-corrected chi connectivity index (χ2v) is 5.74. The van der Waals surface area contributed by atoms with Gasteiger partial charge < -0.3 is 14.8 Å². The number of carbonyl (C=O) groups excluding carboxylic acids is 1. The third kappa shape index (κ3) is 5.91. The minimum absolute atomic E-state index is 0.0474. The number of benzene rings is 2. The number of ether oxygens (including phenoxy) is 2. The zero-order valence-electron chi connectivity index (χ0n) is 15.2. The van der Waals surface area contributed by atoms with Crippen LogP contribution in [0.5, 0.6) is 11.5 Å². The van der Waals surface area contributed by atoms with Crippen LogP contribution < -0.4 is 14.8 Å². The van der Waals surface area contributed by atoms with Crippen molar-refractivity contribution in [2.45, 2.75) is 32.9 Å². The van der Waals surface area contributed by atoms with Gasteiger partial charge in [-0.15, -0.1) is 0 Å². The number of anilines is 1. The fourth-order valence-corrected chi connectivity index (χ4v) is 2.56. The molecule has 7 heteroatoms. The summed E-state index contributed by atoms with van der Waals surface area (Å²) in [5, 5.41) is 2.34. The highest BCUT2D eigenvalue weighted by molar-refractivity contribution is 5.91. The molecule has 0 radical (unpaired) electrons. The van der Waals surface area contributed by atoms with Gasteiger partial charge in [-0.3, -0.25) is 4.79 Å². The quantitative estimate of drug-likeness (QED) is 0.694. The van der Waals surface area contributed by atoms with Crippen molar-refractivity contribution in [1.82, 2.24) is 0 Å². The molecule has 0 saturated heterocycles. The van der Waals surface area contributed by atoms with E-state index in [0.29, 0.717) is 31.1 Å². The van der Waals surface area contributed by atoms with Crippen molar-refractivity contribution >= 4 is 11.6 Å². The normalized spacial score (nSPS) is 11.1. The standard InChI is InChI=1S/C20H22F3NO3/c1-3-26-17-11-9-14(13-18(17)27-4-2)10-12-19(25)24-16-8-6-5-7-15(16)20(21,22)23/h5-9,11,13H,3-4,10,12H2,1-2H3,(H,24,25). The summed E-state index contributed by atoms with van der Waals surface area (Å²) in [6.45, 7) is 4.69. The molecule has 0 aliphatic heterocycles. The van der Waals surface area contributed by atoms with E-state index >= 15 is 0 Å². The average Bonchev–Trinajstić information content (AvgIpc) is 2.62. The van der Waals surface area contributed by atoms with Gasteiger partial charge in [0.15, 0.2) is 11.5 Å². The number of alkyl halides is 3. The molecule has 0 aromatic heterocycles. The van der Waals surface area contributed by atoms with E-state index in [-0.39, 0.29) is 12.1 Å². The predicted octanol–water partition coefficient (Wildman–Crippen LogP) is 5.07. The van der Waals surface area contributed by atoms with Crippen LogP contribution in [-0.4, -0.2) is 19.1 Å². The van der Waals surface area contributed by atoms with E-state index in [2.05, 4.69) is 5.32 Å². The van der Waals surface area contributed by atoms with Crippen molar-refractivity contribution in [3.8, 4) is 11.5 Å². The Hall–Kier alpha value is -2.70. The summed E-state index contributed by atoms with van der Waals surface area (Å²) in [6, 6.07) is 10.3. The monoisotopic (exact) mass is 381 g/mol. The van der Waals surface area contributed by atoms with E-state index in [9.17, 15) is 18.0 Å². The highest BCUT2D eigenvalue weighted by atomic mass is 19.4. The molecule has 1 N–H and O–H groups in total. The summed E-state index contributed by atoms with van der Waals surface area (Å²) in [7, 11) is 0. The molecule has 0 aliphatic carbocycles. The van der Waals surface area contributed by atoms with Gasteiger partial charge in [-0.2, -0.15) is 13.2 Å². The van der Waals surface area contributed by atoms with Gasteiger partial charge >= 0.3 is 6.18 Å². The number of para-hydroxylation sites is 1. The molecule has 2 aromatic rings. The number of nitrogens with one attached hydrogen (secondary N) is 1. The van der Waals surface area contributed by atoms with E-state index in [1.807, 2.05) is 19.9 Å². The molecule has 1 amide bonds. The third-order valence-corrected chi connectivity index (χ3v) is 3.76. The Labute approximate surface area is 156 Å². The Morgan fingerprint density at radius 3 is 2.33 bits per heavy atom. The molecule has 2 rings (SSSR count). The van der Waals surface area contributed by atoms with Gasteiger partial charge in [0.25, 0.3) is 0 Å². The van der Waals surface area contributed by atoms with E-state index in [1.54, 1.807) is 12.1 Å². The van der Waals surface area contributed by atoms with Crippen LogP contribution in [0, 0.1) is 0 Å². The predicted molar refractivity (Wildman–Crippen MR) is 97.2 cm³/mol. The number of hydrogen-bond acceptors (Lipinski definition) is 3. The summed E-state index contributed by atoms with van der Waals surface area (Å²) >= 11 is 0. The molecule has 0 saturated carbocycles. The number of halogens is 3. The van der Waals surface area contributed by atoms with Crippen molar-refractivity contribution in [2.24, 2.45) is 0 Å². The van der Waals surface area contributed by atoms with Gasteiger partial charge in [0, 0.05) is 6.42 Å². The van der Waals surface area contributed by atoms with Crippen LogP contribution in [0.4, 0.5) is 18.9 Å². The highest BCUT2D eigenvalue weighted by Gasteiger charge is 2.33. The van der Waals surface area contributed by atoms with Gasteiger partial charge in [-0.1, -0.05) is 18.2 Å². The van der Waals surface area contributed by atoms with Crippen LogP contribution in [0.2, 0.25) is 0 Å². The summed E-state index contributed by atoms with van der Waals surface area (Å²) in [4.78, 5) is 12.1. The first kappa shape index (κ1) is 20.6. The van der Waals surface area contributed by atoms with Crippen molar-refractivity contribution in [1.29, 1.82) is 0 Å². The molecule has 146 valence electrons. The number of aryl methyl sites for hydroxylation is 1. The number of rotatable bonds is 8. The molecule has 27 heavy (non-hydrogen) atoms. The second-order valence-electron chi connectivity index (χ2n) is 5.74. The van der Waals surface area contributed by atoms with Crippen molar-refractivity contribution in [3.63, 3.8) is 0 Å². The van der Waals surface area contributed by atoms with Crippen LogP contribution in [0.15, 0.2) is 42.5 Å². The zero-order valence-corrected chi connectivity index (χ0v) is 15.2. The number of amides is 1. The van der Waals surface area contributed by atoms with E-state index in [0.717, 1.165) is 11.6 Å². The topological polar surface area (TPSA) is 47.6 Å². The van der Waals surface area contributed by atoms with Gasteiger partial charge in [0.2, 0.25) is 5.91 Å². The molecular weight excluding hydrogens is 359 g/mol. The molecule has 0 fully saturated rings. The Bertz CT molecular complexity index is 775. The molecule has 0 unspecified atom stereocenters. The van der Waals surface area contributed by atoms with Crippen LogP contribution in [0.3, 0.4) is 0 Å². The van der Waals surface area contributed by atoms with Crippen LogP contribution >= 0.6 is 0 Å². The first-order chi connectivity index (χ1) is 12.8. The number of hydrogen-bond donors (Lipinski definition) is 1. The summed E-state index contributed by atoms with van der Waals surface area (Å²) in [5.74, 6) is 0.713. The highest BCUT2D eigenvalue weighted by Crippen LogP contribution is 2.34. The number of carbonyl (C=O) groups is 1. The SMILES string of the molecule is CCOc1ccc(CCC(=O)Nc2ccccc2C(F)(F)F)cc1OCC. The van der Waals surface area contributed by atoms with Gasteiger partial charge in [0.05, 0.1) is 24.5 Å². The first-order valence-corrected chi connectivity index (χ1v) is 8.69. The molecular formula is C20H22F3NO3. The maximum absolute atomic E-state index is 13.0. The lowest BCUT2D eigenvalue weighted by Gasteiger charge is -2.14. The van der Waals surface area contributed by atoms with Crippen molar-refractivity contribution in [3.05, 3.63) is 53.6 Å². The molecule has 4 nitrogen and oxygen atoms in total. The van der Waals surface area contributed by atoms with Gasteiger partial charge in [-0.05, 0) is 50.1 Å². The Morgan fingerprint density at radius 2 is 1.67 bits per heavy atom. The molecule has 2 aromatic carbocycles. The second kappa shape index (κ2) is 9.30. The van der Waals surface area contributed by atoms with Crippen LogP contribution in [-0.2, 0) is 17.4 Å². The largest absolute Gasteiger partial charge is 0.490 e. The summed E-state index contributed by atoms with van der Waals surface area (Å²) < 4.78 is 50.0. The fourth-order valence-electron chi connectivity index (χ4n) is 2.56. The zero-order chi connectivity index (χ0) is 19.9. The summed E-state index contributed by atoms with van der Waals surface area (Å²) in [5.41, 5.74) is -0.268. The Kier molecular flexibility index (Phi) is 7.10. The smallest absolute Gasteiger partial charge is 0.418 e. The molecule has 0 heterocycles. The molecule has 0 bridgehead atoms. The Balaban J connectivity index is 2.03. The van der Waals surface area contributed by atoms with E-state index in [4.69, 9.17) is 9.47 Å². The Morgan fingerprint density at radius 1 is 1.00 bits per heavy atom. The van der Waals surface area contributed by atoms with Crippen LogP contribution in [0.1, 0.15) is 31.4 Å². The van der Waals surface area contributed by atoms with E-state index in [1.165, 1.54) is 18.2 Å². The lowest BCUT2D eigenvalue weighted by molar-refractivity contribution is -0.137. The lowest BCUT2D eigenvalue weighted by Crippen LogP contribution is -2.16. The minimum atomic E-state index is -4.52.